The number of hydrogen-bond donors (Lipinski definition) is 1. The SMILES string of the molecule is COC(=O)C1=C(O)C(=Cc2ccccc2)CC1C. The second kappa shape index (κ2) is 5.08. The number of benzene rings is 1. The molecule has 0 saturated carbocycles. The number of aliphatic hydroxyl groups excluding tert-OH is 1. The minimum absolute atomic E-state index is 0.00703. The number of rotatable bonds is 2. The maximum atomic E-state index is 11.6. The van der Waals surface area contributed by atoms with Crippen LogP contribution in [0.2, 0.25) is 0 Å². The van der Waals surface area contributed by atoms with Crippen LogP contribution in [0.1, 0.15) is 18.9 Å². The molecule has 0 amide bonds. The fourth-order valence-corrected chi connectivity index (χ4v) is 2.22. The standard InChI is InChI=1S/C15H16O3/c1-10-8-12(9-11-6-4-3-5-7-11)14(16)13(10)15(17)18-2/h3-7,9-10,16H,8H2,1-2H3. The van der Waals surface area contributed by atoms with E-state index in [0.717, 1.165) is 11.1 Å². The molecule has 1 aromatic carbocycles. The Kier molecular flexibility index (Phi) is 3.51. The number of carbonyl (C=O) groups excluding carboxylic acids is 1. The topological polar surface area (TPSA) is 46.5 Å². The van der Waals surface area contributed by atoms with Crippen LogP contribution in [0.3, 0.4) is 0 Å². The van der Waals surface area contributed by atoms with Crippen LogP contribution in [0.25, 0.3) is 6.08 Å². The molecule has 0 aliphatic heterocycles. The Balaban J connectivity index is 2.35. The fourth-order valence-electron chi connectivity index (χ4n) is 2.22. The Hall–Kier alpha value is -2.03. The minimum atomic E-state index is -0.448. The summed E-state index contributed by atoms with van der Waals surface area (Å²) in [6.45, 7) is 1.91. The van der Waals surface area contributed by atoms with Crippen LogP contribution >= 0.6 is 0 Å². The normalized spacial score (nSPS) is 21.4. The maximum Gasteiger partial charge on any atom is 0.337 e. The highest BCUT2D eigenvalue weighted by atomic mass is 16.5. The summed E-state index contributed by atoms with van der Waals surface area (Å²) in [4.78, 5) is 11.6. The predicted molar refractivity (Wildman–Crippen MR) is 69.9 cm³/mol. The monoisotopic (exact) mass is 244 g/mol. The van der Waals surface area contributed by atoms with Crippen molar-refractivity contribution >= 4 is 12.0 Å². The van der Waals surface area contributed by atoms with Gasteiger partial charge in [0.05, 0.1) is 12.7 Å². The molecule has 1 aliphatic rings. The van der Waals surface area contributed by atoms with Crippen LogP contribution in [0.15, 0.2) is 47.2 Å². The van der Waals surface area contributed by atoms with E-state index in [1.807, 2.05) is 43.3 Å². The molecule has 1 N–H and O–H groups in total. The molecule has 3 heteroatoms. The summed E-state index contributed by atoms with van der Waals surface area (Å²) in [7, 11) is 1.33. The van der Waals surface area contributed by atoms with Crippen molar-refractivity contribution in [2.24, 2.45) is 5.92 Å². The van der Waals surface area contributed by atoms with Crippen molar-refractivity contribution in [3.8, 4) is 0 Å². The largest absolute Gasteiger partial charge is 0.507 e. The van der Waals surface area contributed by atoms with Crippen molar-refractivity contribution < 1.29 is 14.6 Å². The molecule has 0 fully saturated rings. The van der Waals surface area contributed by atoms with Crippen LogP contribution in [0.5, 0.6) is 0 Å². The van der Waals surface area contributed by atoms with Crippen molar-refractivity contribution in [3.05, 3.63) is 52.8 Å². The van der Waals surface area contributed by atoms with Gasteiger partial charge in [0.15, 0.2) is 0 Å². The lowest BCUT2D eigenvalue weighted by molar-refractivity contribution is -0.136. The molecule has 0 radical (unpaired) electrons. The third kappa shape index (κ3) is 2.30. The van der Waals surface area contributed by atoms with E-state index in [4.69, 9.17) is 0 Å². The molecule has 1 atom stereocenters. The van der Waals surface area contributed by atoms with Gasteiger partial charge in [-0.15, -0.1) is 0 Å². The Morgan fingerprint density at radius 1 is 1.39 bits per heavy atom. The lowest BCUT2D eigenvalue weighted by Crippen LogP contribution is -2.09. The first kappa shape index (κ1) is 12.4. The molecule has 0 bridgehead atoms. The van der Waals surface area contributed by atoms with Gasteiger partial charge < -0.3 is 9.84 Å². The molecule has 1 aromatic rings. The lowest BCUT2D eigenvalue weighted by atomic mass is 10.0. The van der Waals surface area contributed by atoms with Crippen LogP contribution in [0, 0.1) is 5.92 Å². The van der Waals surface area contributed by atoms with Crippen molar-refractivity contribution in [1.29, 1.82) is 0 Å². The molecule has 3 nitrogen and oxygen atoms in total. The first-order valence-electron chi connectivity index (χ1n) is 5.91. The maximum absolute atomic E-state index is 11.6. The van der Waals surface area contributed by atoms with Crippen molar-refractivity contribution in [3.63, 3.8) is 0 Å². The van der Waals surface area contributed by atoms with Gasteiger partial charge in [0.1, 0.15) is 5.76 Å². The summed E-state index contributed by atoms with van der Waals surface area (Å²) in [6, 6.07) is 9.73. The predicted octanol–water partition coefficient (Wildman–Crippen LogP) is 3.09. The first-order valence-corrected chi connectivity index (χ1v) is 5.91. The highest BCUT2D eigenvalue weighted by molar-refractivity contribution is 5.92. The van der Waals surface area contributed by atoms with Gasteiger partial charge in [0.2, 0.25) is 0 Å². The zero-order chi connectivity index (χ0) is 13.1. The lowest BCUT2D eigenvalue weighted by Gasteiger charge is -2.04. The van der Waals surface area contributed by atoms with E-state index in [0.29, 0.717) is 12.0 Å². The van der Waals surface area contributed by atoms with Gasteiger partial charge in [0.25, 0.3) is 0 Å². The van der Waals surface area contributed by atoms with E-state index < -0.39 is 5.97 Å². The van der Waals surface area contributed by atoms with E-state index in [2.05, 4.69) is 4.74 Å². The molecule has 0 heterocycles. The van der Waals surface area contributed by atoms with E-state index in [-0.39, 0.29) is 11.7 Å². The highest BCUT2D eigenvalue weighted by Crippen LogP contribution is 2.36. The van der Waals surface area contributed by atoms with Crippen LogP contribution in [-0.4, -0.2) is 18.2 Å². The second-order valence-corrected chi connectivity index (χ2v) is 4.44. The fraction of sp³-hybridized carbons (Fsp3) is 0.267. The van der Waals surface area contributed by atoms with E-state index >= 15 is 0 Å². The molecule has 0 saturated heterocycles. The average molecular weight is 244 g/mol. The molecule has 0 aromatic heterocycles. The van der Waals surface area contributed by atoms with Gasteiger partial charge in [0, 0.05) is 0 Å². The van der Waals surface area contributed by atoms with Crippen LogP contribution in [-0.2, 0) is 9.53 Å². The van der Waals surface area contributed by atoms with Gasteiger partial charge in [-0.2, -0.15) is 0 Å². The summed E-state index contributed by atoms with van der Waals surface area (Å²) in [5.74, 6) is -0.387. The molecule has 2 rings (SSSR count). The number of hydrogen-bond acceptors (Lipinski definition) is 3. The number of aliphatic hydroxyl groups is 1. The number of esters is 1. The average Bonchev–Trinajstić information content (AvgIpc) is 2.65. The number of allylic oxidation sites excluding steroid dienone is 1. The number of methoxy groups -OCH3 is 1. The Labute approximate surface area is 106 Å². The second-order valence-electron chi connectivity index (χ2n) is 4.44. The summed E-state index contributed by atoms with van der Waals surface area (Å²) in [5.41, 5.74) is 2.17. The Morgan fingerprint density at radius 2 is 2.06 bits per heavy atom. The van der Waals surface area contributed by atoms with Crippen molar-refractivity contribution in [2.45, 2.75) is 13.3 Å². The highest BCUT2D eigenvalue weighted by Gasteiger charge is 2.31. The van der Waals surface area contributed by atoms with Crippen LogP contribution < -0.4 is 0 Å². The zero-order valence-electron chi connectivity index (χ0n) is 10.5. The van der Waals surface area contributed by atoms with Gasteiger partial charge in [-0.3, -0.25) is 0 Å². The van der Waals surface area contributed by atoms with Crippen LogP contribution in [0.4, 0.5) is 0 Å². The molecular weight excluding hydrogens is 228 g/mol. The molecule has 0 spiro atoms. The number of ether oxygens (including phenoxy) is 1. The summed E-state index contributed by atoms with van der Waals surface area (Å²) in [6.07, 6.45) is 2.56. The van der Waals surface area contributed by atoms with Gasteiger partial charge >= 0.3 is 5.97 Å². The number of carbonyl (C=O) groups is 1. The first-order chi connectivity index (χ1) is 8.63. The van der Waals surface area contributed by atoms with Crippen molar-refractivity contribution in [2.75, 3.05) is 7.11 Å². The van der Waals surface area contributed by atoms with E-state index in [1.165, 1.54) is 7.11 Å². The zero-order valence-corrected chi connectivity index (χ0v) is 10.5. The molecule has 94 valence electrons. The van der Waals surface area contributed by atoms with Crippen molar-refractivity contribution in [1.82, 2.24) is 0 Å². The van der Waals surface area contributed by atoms with Gasteiger partial charge in [-0.05, 0) is 29.6 Å². The Bertz CT molecular complexity index is 512. The molecule has 18 heavy (non-hydrogen) atoms. The molecule has 1 aliphatic carbocycles. The van der Waals surface area contributed by atoms with Gasteiger partial charge in [-0.25, -0.2) is 4.79 Å². The van der Waals surface area contributed by atoms with Gasteiger partial charge in [-0.1, -0.05) is 37.3 Å². The van der Waals surface area contributed by atoms with E-state index in [1.54, 1.807) is 0 Å². The Morgan fingerprint density at radius 3 is 2.67 bits per heavy atom. The third-order valence-corrected chi connectivity index (χ3v) is 3.12. The quantitative estimate of drug-likeness (QED) is 0.813. The molecule has 1 unspecified atom stereocenters. The summed E-state index contributed by atoms with van der Waals surface area (Å²) >= 11 is 0. The summed E-state index contributed by atoms with van der Waals surface area (Å²) < 4.78 is 4.69. The minimum Gasteiger partial charge on any atom is -0.507 e. The molecular formula is C15H16O3. The summed E-state index contributed by atoms with van der Waals surface area (Å²) in [5, 5.41) is 10.1. The van der Waals surface area contributed by atoms with E-state index in [9.17, 15) is 9.90 Å². The third-order valence-electron chi connectivity index (χ3n) is 3.12. The smallest absolute Gasteiger partial charge is 0.337 e.